The van der Waals surface area contributed by atoms with Crippen LogP contribution >= 0.6 is 0 Å². The standard InChI is InChI=1S/C16H25NO/c1-3-14(11-13-7-5-4-6-8-13)17-15-9-10-16(12-15)18-2/h4-8,14-17H,3,9-12H2,1-2H3. The molecule has 3 atom stereocenters. The van der Waals surface area contributed by atoms with Gasteiger partial charge in [0.2, 0.25) is 0 Å². The Morgan fingerprint density at radius 3 is 2.67 bits per heavy atom. The van der Waals surface area contributed by atoms with Crippen molar-refractivity contribution in [3.8, 4) is 0 Å². The Morgan fingerprint density at radius 1 is 1.28 bits per heavy atom. The second kappa shape index (κ2) is 6.91. The number of methoxy groups -OCH3 is 1. The number of ether oxygens (including phenoxy) is 1. The van der Waals surface area contributed by atoms with Crippen molar-refractivity contribution in [2.75, 3.05) is 7.11 Å². The van der Waals surface area contributed by atoms with E-state index in [4.69, 9.17) is 4.74 Å². The molecule has 1 aliphatic carbocycles. The topological polar surface area (TPSA) is 21.3 Å². The van der Waals surface area contributed by atoms with E-state index < -0.39 is 0 Å². The van der Waals surface area contributed by atoms with Gasteiger partial charge < -0.3 is 10.1 Å². The maximum atomic E-state index is 5.43. The van der Waals surface area contributed by atoms with Crippen LogP contribution in [-0.4, -0.2) is 25.3 Å². The molecule has 1 saturated carbocycles. The number of nitrogens with one attached hydrogen (secondary N) is 1. The molecule has 100 valence electrons. The summed E-state index contributed by atoms with van der Waals surface area (Å²) in [4.78, 5) is 0. The Kier molecular flexibility index (Phi) is 5.21. The minimum atomic E-state index is 0.469. The lowest BCUT2D eigenvalue weighted by atomic mass is 10.0. The van der Waals surface area contributed by atoms with E-state index in [2.05, 4.69) is 42.6 Å². The SMILES string of the molecule is CCC(Cc1ccccc1)NC1CCC(OC)C1. The molecule has 2 nitrogen and oxygen atoms in total. The van der Waals surface area contributed by atoms with Gasteiger partial charge in [0.15, 0.2) is 0 Å². The molecule has 0 bridgehead atoms. The summed E-state index contributed by atoms with van der Waals surface area (Å²) in [6, 6.07) is 12.0. The first-order valence-electron chi connectivity index (χ1n) is 7.14. The van der Waals surface area contributed by atoms with Gasteiger partial charge in [-0.25, -0.2) is 0 Å². The van der Waals surface area contributed by atoms with Crippen LogP contribution in [0.15, 0.2) is 30.3 Å². The Balaban J connectivity index is 1.83. The highest BCUT2D eigenvalue weighted by Crippen LogP contribution is 2.22. The zero-order valence-electron chi connectivity index (χ0n) is 11.6. The van der Waals surface area contributed by atoms with Gasteiger partial charge in [0.05, 0.1) is 6.10 Å². The smallest absolute Gasteiger partial charge is 0.0586 e. The van der Waals surface area contributed by atoms with Crippen LogP contribution < -0.4 is 5.32 Å². The largest absolute Gasteiger partial charge is 0.381 e. The average molecular weight is 247 g/mol. The predicted octanol–water partition coefficient (Wildman–Crippen LogP) is 3.16. The Morgan fingerprint density at radius 2 is 2.06 bits per heavy atom. The van der Waals surface area contributed by atoms with E-state index in [-0.39, 0.29) is 0 Å². The van der Waals surface area contributed by atoms with E-state index >= 15 is 0 Å². The van der Waals surface area contributed by atoms with Gasteiger partial charge in [0.1, 0.15) is 0 Å². The van der Waals surface area contributed by atoms with Gasteiger partial charge in [0, 0.05) is 19.2 Å². The lowest BCUT2D eigenvalue weighted by Crippen LogP contribution is -2.38. The Labute approximate surface area is 111 Å². The first-order valence-corrected chi connectivity index (χ1v) is 7.14. The molecule has 18 heavy (non-hydrogen) atoms. The van der Waals surface area contributed by atoms with Gasteiger partial charge in [-0.05, 0) is 37.7 Å². The van der Waals surface area contributed by atoms with Crippen molar-refractivity contribution in [1.82, 2.24) is 5.32 Å². The highest BCUT2D eigenvalue weighted by Gasteiger charge is 2.25. The zero-order chi connectivity index (χ0) is 12.8. The van der Waals surface area contributed by atoms with Crippen molar-refractivity contribution >= 4 is 0 Å². The van der Waals surface area contributed by atoms with E-state index in [0.717, 1.165) is 6.42 Å². The minimum Gasteiger partial charge on any atom is -0.381 e. The molecule has 1 aliphatic rings. The third kappa shape index (κ3) is 3.82. The average Bonchev–Trinajstić information content (AvgIpc) is 2.87. The summed E-state index contributed by atoms with van der Waals surface area (Å²) in [6.07, 6.45) is 6.41. The summed E-state index contributed by atoms with van der Waals surface area (Å²) in [5.74, 6) is 0. The first-order chi connectivity index (χ1) is 8.81. The molecule has 0 aliphatic heterocycles. The molecule has 3 unspecified atom stereocenters. The van der Waals surface area contributed by atoms with Gasteiger partial charge in [-0.1, -0.05) is 37.3 Å². The van der Waals surface area contributed by atoms with Gasteiger partial charge in [-0.15, -0.1) is 0 Å². The lowest BCUT2D eigenvalue weighted by Gasteiger charge is -2.22. The fraction of sp³-hybridized carbons (Fsp3) is 0.625. The van der Waals surface area contributed by atoms with Crippen LogP contribution in [0.2, 0.25) is 0 Å². The van der Waals surface area contributed by atoms with Crippen LogP contribution in [0.4, 0.5) is 0 Å². The summed E-state index contributed by atoms with van der Waals surface area (Å²) in [7, 11) is 1.83. The van der Waals surface area contributed by atoms with Crippen molar-refractivity contribution < 1.29 is 4.74 Å². The molecule has 1 aromatic carbocycles. The van der Waals surface area contributed by atoms with E-state index in [9.17, 15) is 0 Å². The van der Waals surface area contributed by atoms with Crippen molar-refractivity contribution in [3.63, 3.8) is 0 Å². The fourth-order valence-electron chi connectivity index (χ4n) is 2.86. The van der Waals surface area contributed by atoms with Gasteiger partial charge >= 0.3 is 0 Å². The second-order valence-electron chi connectivity index (χ2n) is 5.33. The second-order valence-corrected chi connectivity index (χ2v) is 5.33. The molecule has 1 N–H and O–H groups in total. The first kappa shape index (κ1) is 13.6. The van der Waals surface area contributed by atoms with Crippen LogP contribution in [0.5, 0.6) is 0 Å². The van der Waals surface area contributed by atoms with E-state index in [1.807, 2.05) is 7.11 Å². The Bertz CT molecular complexity index is 338. The summed E-state index contributed by atoms with van der Waals surface area (Å²) in [5.41, 5.74) is 1.43. The molecule has 0 amide bonds. The quantitative estimate of drug-likeness (QED) is 0.833. The van der Waals surface area contributed by atoms with E-state index in [0.29, 0.717) is 18.2 Å². The van der Waals surface area contributed by atoms with E-state index in [1.54, 1.807) is 0 Å². The van der Waals surface area contributed by atoms with Crippen molar-refractivity contribution in [1.29, 1.82) is 0 Å². The third-order valence-electron chi connectivity index (χ3n) is 4.01. The lowest BCUT2D eigenvalue weighted by molar-refractivity contribution is 0.106. The molecule has 2 rings (SSSR count). The van der Waals surface area contributed by atoms with Crippen molar-refractivity contribution in [2.45, 2.75) is 57.2 Å². The highest BCUT2D eigenvalue weighted by molar-refractivity contribution is 5.15. The van der Waals surface area contributed by atoms with Crippen LogP contribution in [0, 0.1) is 0 Å². The number of hydrogen-bond donors (Lipinski definition) is 1. The predicted molar refractivity (Wildman–Crippen MR) is 75.8 cm³/mol. The van der Waals surface area contributed by atoms with Crippen LogP contribution in [-0.2, 0) is 11.2 Å². The van der Waals surface area contributed by atoms with Crippen LogP contribution in [0.25, 0.3) is 0 Å². The molecule has 1 aromatic rings. The molecule has 1 fully saturated rings. The summed E-state index contributed by atoms with van der Waals surface area (Å²) < 4.78 is 5.43. The Hall–Kier alpha value is -0.860. The van der Waals surface area contributed by atoms with Crippen molar-refractivity contribution in [2.24, 2.45) is 0 Å². The monoisotopic (exact) mass is 247 g/mol. The molecule has 0 aromatic heterocycles. The maximum absolute atomic E-state index is 5.43. The number of benzene rings is 1. The van der Waals surface area contributed by atoms with Gasteiger partial charge in [-0.3, -0.25) is 0 Å². The summed E-state index contributed by atoms with van der Waals surface area (Å²) >= 11 is 0. The molecular formula is C16H25NO. The number of rotatable bonds is 6. The summed E-state index contributed by atoms with van der Waals surface area (Å²) in [6.45, 7) is 2.27. The zero-order valence-corrected chi connectivity index (χ0v) is 11.6. The van der Waals surface area contributed by atoms with E-state index in [1.165, 1.54) is 31.2 Å². The molecule has 0 heterocycles. The molecular weight excluding hydrogens is 222 g/mol. The van der Waals surface area contributed by atoms with Crippen LogP contribution in [0.3, 0.4) is 0 Å². The normalized spacial score (nSPS) is 25.2. The number of hydrogen-bond acceptors (Lipinski definition) is 2. The fourth-order valence-corrected chi connectivity index (χ4v) is 2.86. The van der Waals surface area contributed by atoms with Crippen LogP contribution in [0.1, 0.15) is 38.2 Å². The minimum absolute atomic E-state index is 0.469. The molecule has 0 radical (unpaired) electrons. The highest BCUT2D eigenvalue weighted by atomic mass is 16.5. The van der Waals surface area contributed by atoms with Gasteiger partial charge in [-0.2, -0.15) is 0 Å². The van der Waals surface area contributed by atoms with Gasteiger partial charge in [0.25, 0.3) is 0 Å². The molecule has 2 heteroatoms. The third-order valence-corrected chi connectivity index (χ3v) is 4.01. The summed E-state index contributed by atoms with van der Waals surface area (Å²) in [5, 5.41) is 3.80. The van der Waals surface area contributed by atoms with Crippen molar-refractivity contribution in [3.05, 3.63) is 35.9 Å². The molecule has 0 spiro atoms. The maximum Gasteiger partial charge on any atom is 0.0586 e. The molecule has 0 saturated heterocycles.